The molecule has 0 aromatic heterocycles. The van der Waals surface area contributed by atoms with Gasteiger partial charge in [-0.1, -0.05) is 6.58 Å². The second kappa shape index (κ2) is 8.28. The molecule has 0 radical (unpaired) electrons. The zero-order valence-electron chi connectivity index (χ0n) is 5.81. The predicted octanol–water partition coefficient (Wildman–Crippen LogP) is 1.14. The summed E-state index contributed by atoms with van der Waals surface area (Å²) in [6.07, 6.45) is -1.57. The maximum Gasteiger partial charge on any atom is 0.512 e. The average molecular weight is 164 g/mol. The van der Waals surface area contributed by atoms with Crippen molar-refractivity contribution in [2.24, 2.45) is 0 Å². The van der Waals surface area contributed by atoms with E-state index in [1.165, 1.54) is 7.11 Å². The summed E-state index contributed by atoms with van der Waals surface area (Å²) in [6.45, 7) is 3.13. The fraction of sp³-hybridized carbons (Fsp3) is 0.200. The summed E-state index contributed by atoms with van der Waals surface area (Å²) in [5.74, 6) is 0. The predicted molar refractivity (Wildman–Crippen MR) is 34.3 cm³/mol. The lowest BCUT2D eigenvalue weighted by Crippen LogP contribution is -1.96. The van der Waals surface area contributed by atoms with Crippen molar-refractivity contribution in [1.29, 1.82) is 0 Å². The van der Waals surface area contributed by atoms with Crippen molar-refractivity contribution in [3.63, 3.8) is 0 Å². The van der Waals surface area contributed by atoms with Gasteiger partial charge >= 0.3 is 12.3 Å². The van der Waals surface area contributed by atoms with Gasteiger partial charge in [-0.3, -0.25) is 0 Å². The Kier molecular flexibility index (Phi) is 9.04. The molecule has 0 bridgehead atoms. The van der Waals surface area contributed by atoms with Crippen LogP contribution >= 0.6 is 0 Å². The topological polar surface area (TPSA) is 93.1 Å². The first-order valence-electron chi connectivity index (χ1n) is 2.32. The van der Waals surface area contributed by atoms with E-state index in [1.54, 1.807) is 0 Å². The van der Waals surface area contributed by atoms with Gasteiger partial charge in [0.2, 0.25) is 0 Å². The van der Waals surface area contributed by atoms with E-state index >= 15 is 0 Å². The highest BCUT2D eigenvalue weighted by Crippen LogP contribution is 1.78. The molecule has 0 aliphatic carbocycles. The summed E-state index contributed by atoms with van der Waals surface area (Å²) in [4.78, 5) is 18.5. The van der Waals surface area contributed by atoms with Crippen LogP contribution in [0, 0.1) is 0 Å². The maximum atomic E-state index is 9.90. The van der Waals surface area contributed by atoms with Gasteiger partial charge < -0.3 is 19.7 Å². The van der Waals surface area contributed by atoms with Gasteiger partial charge in [-0.25, -0.2) is 9.59 Å². The summed E-state index contributed by atoms with van der Waals surface area (Å²) in [5, 5.41) is 13.9. The van der Waals surface area contributed by atoms with Crippen LogP contribution in [0.5, 0.6) is 0 Å². The Bertz CT molecular complexity index is 136. The van der Waals surface area contributed by atoms with E-state index < -0.39 is 12.3 Å². The standard InChI is InChI=1S/C4H6O3.CH2O3/c1-3-7-4(5)6-2;2-1(3)4/h3H,1H2,2H3;(H2,2,3,4). The minimum Gasteiger partial charge on any atom is -0.450 e. The van der Waals surface area contributed by atoms with E-state index in [4.69, 9.17) is 15.0 Å². The van der Waals surface area contributed by atoms with Crippen molar-refractivity contribution in [1.82, 2.24) is 0 Å². The second-order valence-electron chi connectivity index (χ2n) is 1.02. The largest absolute Gasteiger partial charge is 0.512 e. The number of methoxy groups -OCH3 is 1. The van der Waals surface area contributed by atoms with Crippen LogP contribution in [0.15, 0.2) is 12.8 Å². The van der Waals surface area contributed by atoms with Crippen molar-refractivity contribution in [3.05, 3.63) is 12.8 Å². The minimum absolute atomic E-state index is 0.741. The number of carboxylic acid groups (broad SMARTS) is 2. The van der Waals surface area contributed by atoms with Gasteiger partial charge in [0.05, 0.1) is 13.4 Å². The van der Waals surface area contributed by atoms with Gasteiger partial charge in [-0.05, 0) is 0 Å². The van der Waals surface area contributed by atoms with Crippen LogP contribution < -0.4 is 0 Å². The fourth-order valence-electron chi connectivity index (χ4n) is 0.116. The molecule has 0 saturated carbocycles. The van der Waals surface area contributed by atoms with Crippen LogP contribution in [0.2, 0.25) is 0 Å². The number of carbonyl (C=O) groups excluding carboxylic acids is 1. The zero-order valence-corrected chi connectivity index (χ0v) is 5.81. The average Bonchev–Trinajstić information content (AvgIpc) is 1.87. The molecule has 0 aliphatic rings. The van der Waals surface area contributed by atoms with Crippen molar-refractivity contribution in [3.8, 4) is 0 Å². The molecule has 0 aromatic rings. The Morgan fingerprint density at radius 2 is 1.82 bits per heavy atom. The van der Waals surface area contributed by atoms with Gasteiger partial charge in [0, 0.05) is 0 Å². The zero-order chi connectivity index (χ0) is 9.28. The molecular weight excluding hydrogens is 156 g/mol. The van der Waals surface area contributed by atoms with E-state index in [-0.39, 0.29) is 0 Å². The van der Waals surface area contributed by atoms with Crippen LogP contribution in [0.25, 0.3) is 0 Å². The summed E-state index contributed by atoms with van der Waals surface area (Å²) < 4.78 is 8.15. The van der Waals surface area contributed by atoms with Crippen LogP contribution in [0.4, 0.5) is 9.59 Å². The molecule has 0 heterocycles. The van der Waals surface area contributed by atoms with Gasteiger partial charge in [-0.2, -0.15) is 0 Å². The van der Waals surface area contributed by atoms with Crippen LogP contribution in [0.1, 0.15) is 0 Å². The molecule has 0 amide bonds. The third kappa shape index (κ3) is 30.4. The highest BCUT2D eigenvalue weighted by molar-refractivity contribution is 5.60. The Labute approximate surface area is 62.7 Å². The summed E-state index contributed by atoms with van der Waals surface area (Å²) in [7, 11) is 1.23. The van der Waals surface area contributed by atoms with Crippen molar-refractivity contribution in [2.75, 3.05) is 7.11 Å². The Morgan fingerprint density at radius 3 is 1.91 bits per heavy atom. The number of ether oxygens (including phenoxy) is 2. The van der Waals surface area contributed by atoms with Crippen molar-refractivity contribution >= 4 is 12.3 Å². The van der Waals surface area contributed by atoms with Crippen LogP contribution in [-0.2, 0) is 9.47 Å². The molecular formula is C5H8O6. The molecule has 0 rings (SSSR count). The summed E-state index contributed by atoms with van der Waals surface area (Å²) in [6, 6.07) is 0. The van der Waals surface area contributed by atoms with E-state index in [9.17, 15) is 4.79 Å². The molecule has 6 nitrogen and oxygen atoms in total. The van der Waals surface area contributed by atoms with Crippen molar-refractivity contribution < 1.29 is 29.3 Å². The lowest BCUT2D eigenvalue weighted by Gasteiger charge is -1.90. The summed E-state index contributed by atoms with van der Waals surface area (Å²) >= 11 is 0. The third-order valence-electron chi connectivity index (χ3n) is 0.346. The first-order valence-corrected chi connectivity index (χ1v) is 2.32. The first-order chi connectivity index (χ1) is 5.04. The van der Waals surface area contributed by atoms with Gasteiger partial charge in [0.1, 0.15) is 0 Å². The van der Waals surface area contributed by atoms with Crippen LogP contribution in [0.3, 0.4) is 0 Å². The third-order valence-corrected chi connectivity index (χ3v) is 0.346. The van der Waals surface area contributed by atoms with E-state index in [0.29, 0.717) is 0 Å². The van der Waals surface area contributed by atoms with Crippen LogP contribution in [-0.4, -0.2) is 29.6 Å². The smallest absolute Gasteiger partial charge is 0.450 e. The number of hydrogen-bond acceptors (Lipinski definition) is 4. The number of carbonyl (C=O) groups is 2. The molecule has 64 valence electrons. The Hall–Kier alpha value is -1.72. The van der Waals surface area contributed by atoms with Gasteiger partial charge in [0.15, 0.2) is 0 Å². The molecule has 0 atom stereocenters. The van der Waals surface area contributed by atoms with Gasteiger partial charge in [0.25, 0.3) is 0 Å². The normalized spacial score (nSPS) is 6.64. The molecule has 0 saturated heterocycles. The molecule has 0 aromatic carbocycles. The van der Waals surface area contributed by atoms with Crippen molar-refractivity contribution in [2.45, 2.75) is 0 Å². The van der Waals surface area contributed by atoms with E-state index in [2.05, 4.69) is 16.1 Å². The molecule has 0 spiro atoms. The number of rotatable bonds is 1. The number of hydrogen-bond donors (Lipinski definition) is 2. The first kappa shape index (κ1) is 12.0. The summed E-state index contributed by atoms with van der Waals surface area (Å²) in [5.41, 5.74) is 0. The Morgan fingerprint density at radius 1 is 1.45 bits per heavy atom. The molecule has 11 heavy (non-hydrogen) atoms. The second-order valence-corrected chi connectivity index (χ2v) is 1.02. The molecule has 0 aliphatic heterocycles. The molecule has 0 fully saturated rings. The highest BCUT2D eigenvalue weighted by Gasteiger charge is 1.91. The maximum absolute atomic E-state index is 9.90. The fourth-order valence-corrected chi connectivity index (χ4v) is 0.116. The Balaban J connectivity index is 0. The molecule has 6 heteroatoms. The minimum atomic E-state index is -1.83. The molecule has 0 unspecified atom stereocenters. The lowest BCUT2D eigenvalue weighted by molar-refractivity contribution is 0.106. The lowest BCUT2D eigenvalue weighted by atomic mass is 11.1. The van der Waals surface area contributed by atoms with E-state index in [0.717, 1.165) is 6.26 Å². The monoisotopic (exact) mass is 164 g/mol. The molecule has 2 N–H and O–H groups in total. The van der Waals surface area contributed by atoms with E-state index in [1.807, 2.05) is 0 Å². The SMILES string of the molecule is C=COC(=O)OC.O=C(O)O. The quantitative estimate of drug-likeness (QED) is 0.445. The van der Waals surface area contributed by atoms with Gasteiger partial charge in [-0.15, -0.1) is 0 Å². The highest BCUT2D eigenvalue weighted by atomic mass is 16.7.